The average Bonchev–Trinajstić information content (AvgIpc) is 3.35. The van der Waals surface area contributed by atoms with Crippen LogP contribution in [0.1, 0.15) is 12.1 Å². The van der Waals surface area contributed by atoms with Gasteiger partial charge in [0.15, 0.2) is 11.6 Å². The Balaban J connectivity index is 1.56. The number of aromatic amines is 1. The van der Waals surface area contributed by atoms with Crippen LogP contribution in [-0.4, -0.2) is 46.1 Å². The number of nitrogens with one attached hydrogen (secondary N) is 2. The minimum absolute atomic E-state index is 0.102. The first-order chi connectivity index (χ1) is 15.9. The van der Waals surface area contributed by atoms with Crippen molar-refractivity contribution in [3.8, 4) is 11.8 Å². The Hall–Kier alpha value is -3.53. The zero-order valence-electron chi connectivity index (χ0n) is 18.2. The van der Waals surface area contributed by atoms with E-state index in [2.05, 4.69) is 30.2 Å². The van der Waals surface area contributed by atoms with Gasteiger partial charge in [0.25, 0.3) is 0 Å². The van der Waals surface area contributed by atoms with Gasteiger partial charge >= 0.3 is 6.01 Å². The first-order valence-electron chi connectivity index (χ1n) is 10.9. The number of benzene rings is 1. The molecule has 2 unspecified atom stereocenters. The SMILES string of the molecule is CNc1cc(F)c(F)c2c1[nH]c1nc(Oc3ccc(C)nc3)nc(N3CC4C[C@H](N)C4C3)c12. The van der Waals surface area contributed by atoms with Crippen molar-refractivity contribution < 1.29 is 13.5 Å². The van der Waals surface area contributed by atoms with Gasteiger partial charge in [0, 0.05) is 37.9 Å². The third kappa shape index (κ3) is 3.08. The van der Waals surface area contributed by atoms with E-state index in [0.717, 1.165) is 24.7 Å². The van der Waals surface area contributed by atoms with Gasteiger partial charge in [0.2, 0.25) is 0 Å². The summed E-state index contributed by atoms with van der Waals surface area (Å²) in [7, 11) is 1.66. The fourth-order valence-corrected chi connectivity index (χ4v) is 5.08. The third-order valence-electron chi connectivity index (χ3n) is 6.86. The van der Waals surface area contributed by atoms with Gasteiger partial charge in [-0.2, -0.15) is 9.97 Å². The quantitative estimate of drug-likeness (QED) is 0.434. The van der Waals surface area contributed by atoms with Crippen molar-refractivity contribution in [2.45, 2.75) is 19.4 Å². The number of hydrogen-bond donors (Lipinski definition) is 3. The summed E-state index contributed by atoms with van der Waals surface area (Å²) < 4.78 is 35.5. The summed E-state index contributed by atoms with van der Waals surface area (Å²) in [6.07, 6.45) is 2.55. The van der Waals surface area contributed by atoms with E-state index < -0.39 is 11.6 Å². The van der Waals surface area contributed by atoms with E-state index in [4.69, 9.17) is 10.5 Å². The first kappa shape index (κ1) is 20.1. The van der Waals surface area contributed by atoms with Crippen LogP contribution >= 0.6 is 0 Å². The third-order valence-corrected chi connectivity index (χ3v) is 6.86. The van der Waals surface area contributed by atoms with Crippen molar-refractivity contribution >= 4 is 33.4 Å². The largest absolute Gasteiger partial charge is 0.423 e. The standard InChI is InChI=1S/C23H23F2N7O/c1-10-3-4-12(7-28-10)33-23-30-21-18(17-19(25)14(24)6-16(27-2)20(17)29-21)22(31-23)32-8-11-5-15(26)13(11)9-32/h3-4,6-7,11,13,15,27H,5,8-9,26H2,1-2H3,(H,29,30,31)/t11?,13?,15-/m0/s1. The average molecular weight is 451 g/mol. The molecule has 0 bridgehead atoms. The molecule has 1 aliphatic carbocycles. The first-order valence-corrected chi connectivity index (χ1v) is 10.9. The molecule has 170 valence electrons. The summed E-state index contributed by atoms with van der Waals surface area (Å²) >= 11 is 0. The van der Waals surface area contributed by atoms with Gasteiger partial charge in [0.1, 0.15) is 17.2 Å². The van der Waals surface area contributed by atoms with Crippen LogP contribution in [-0.2, 0) is 0 Å². The number of rotatable bonds is 4. The summed E-state index contributed by atoms with van der Waals surface area (Å²) in [6.45, 7) is 3.33. The summed E-state index contributed by atoms with van der Waals surface area (Å²) in [4.78, 5) is 18.6. The number of nitrogens with two attached hydrogens (primary N) is 1. The fourth-order valence-electron chi connectivity index (χ4n) is 5.08. The number of aryl methyl sites for hydroxylation is 1. The van der Waals surface area contributed by atoms with Gasteiger partial charge in [-0.15, -0.1) is 0 Å². The topological polar surface area (TPSA) is 105 Å². The molecule has 33 heavy (non-hydrogen) atoms. The van der Waals surface area contributed by atoms with Gasteiger partial charge in [-0.3, -0.25) is 4.98 Å². The van der Waals surface area contributed by atoms with Crippen LogP contribution in [0.5, 0.6) is 11.8 Å². The fraction of sp³-hybridized carbons (Fsp3) is 0.348. The lowest BCUT2D eigenvalue weighted by Gasteiger charge is -2.36. The Morgan fingerprint density at radius 2 is 2.06 bits per heavy atom. The lowest BCUT2D eigenvalue weighted by molar-refractivity contribution is 0.194. The summed E-state index contributed by atoms with van der Waals surface area (Å²) in [6, 6.07) is 4.99. The molecule has 4 heterocycles. The van der Waals surface area contributed by atoms with Gasteiger partial charge in [-0.25, -0.2) is 8.78 Å². The highest BCUT2D eigenvalue weighted by atomic mass is 19.2. The molecule has 1 saturated carbocycles. The monoisotopic (exact) mass is 451 g/mol. The highest BCUT2D eigenvalue weighted by Gasteiger charge is 2.46. The molecular weight excluding hydrogens is 428 g/mol. The van der Waals surface area contributed by atoms with Crippen LogP contribution in [0.2, 0.25) is 0 Å². The van der Waals surface area contributed by atoms with Gasteiger partial charge in [0.05, 0.1) is 28.2 Å². The Kier molecular flexibility index (Phi) is 4.41. The predicted molar refractivity (Wildman–Crippen MR) is 122 cm³/mol. The van der Waals surface area contributed by atoms with Crippen molar-refractivity contribution in [1.29, 1.82) is 0 Å². The van der Waals surface area contributed by atoms with Crippen LogP contribution < -0.4 is 20.7 Å². The number of ether oxygens (including phenoxy) is 1. The maximum Gasteiger partial charge on any atom is 0.326 e. The molecule has 6 rings (SSSR count). The molecule has 4 N–H and O–H groups in total. The van der Waals surface area contributed by atoms with E-state index >= 15 is 4.39 Å². The molecule has 3 aromatic heterocycles. The van der Waals surface area contributed by atoms with E-state index in [0.29, 0.717) is 52.2 Å². The van der Waals surface area contributed by atoms with E-state index in [-0.39, 0.29) is 17.4 Å². The van der Waals surface area contributed by atoms with Crippen molar-refractivity contribution in [2.24, 2.45) is 17.6 Å². The lowest BCUT2D eigenvalue weighted by Crippen LogP contribution is -2.46. The van der Waals surface area contributed by atoms with Crippen LogP contribution in [0.4, 0.5) is 20.3 Å². The molecule has 1 aromatic carbocycles. The molecule has 1 aliphatic heterocycles. The van der Waals surface area contributed by atoms with Crippen molar-refractivity contribution in [3.05, 3.63) is 41.7 Å². The smallest absolute Gasteiger partial charge is 0.326 e. The lowest BCUT2D eigenvalue weighted by atomic mass is 9.72. The summed E-state index contributed by atoms with van der Waals surface area (Å²) in [5.41, 5.74) is 8.28. The summed E-state index contributed by atoms with van der Waals surface area (Å²) in [5.74, 6) is -0.0486. The molecule has 0 radical (unpaired) electrons. The maximum atomic E-state index is 15.1. The van der Waals surface area contributed by atoms with Crippen LogP contribution in [0.3, 0.4) is 0 Å². The van der Waals surface area contributed by atoms with E-state index in [9.17, 15) is 4.39 Å². The predicted octanol–water partition coefficient (Wildman–Crippen LogP) is 3.71. The molecule has 0 amide bonds. The molecule has 4 aromatic rings. The second-order valence-corrected chi connectivity index (χ2v) is 8.86. The number of hydrogen-bond acceptors (Lipinski definition) is 7. The van der Waals surface area contributed by atoms with Crippen LogP contribution in [0.25, 0.3) is 21.9 Å². The zero-order valence-corrected chi connectivity index (χ0v) is 18.2. The van der Waals surface area contributed by atoms with Crippen molar-refractivity contribution in [2.75, 3.05) is 30.4 Å². The van der Waals surface area contributed by atoms with Crippen LogP contribution in [0.15, 0.2) is 24.4 Å². The molecule has 2 fully saturated rings. The number of pyridine rings is 1. The second kappa shape index (κ2) is 7.24. The Labute approximate surface area is 188 Å². The van der Waals surface area contributed by atoms with Crippen molar-refractivity contribution in [1.82, 2.24) is 19.9 Å². The highest BCUT2D eigenvalue weighted by Crippen LogP contribution is 2.45. The molecule has 2 aliphatic rings. The van der Waals surface area contributed by atoms with Gasteiger partial charge < -0.3 is 25.7 Å². The Morgan fingerprint density at radius 1 is 1.21 bits per heavy atom. The maximum absolute atomic E-state index is 15.1. The van der Waals surface area contributed by atoms with Gasteiger partial charge in [-0.1, -0.05) is 0 Å². The molecular formula is C23H23F2N7O. The zero-order chi connectivity index (χ0) is 22.9. The Morgan fingerprint density at radius 3 is 2.76 bits per heavy atom. The number of H-pyrrole nitrogens is 1. The molecule has 3 atom stereocenters. The van der Waals surface area contributed by atoms with Crippen molar-refractivity contribution in [3.63, 3.8) is 0 Å². The molecule has 10 heteroatoms. The minimum Gasteiger partial charge on any atom is -0.423 e. The molecule has 8 nitrogen and oxygen atoms in total. The van der Waals surface area contributed by atoms with E-state index in [1.165, 1.54) is 0 Å². The number of halogens is 2. The second-order valence-electron chi connectivity index (χ2n) is 8.86. The van der Waals surface area contributed by atoms with Gasteiger partial charge in [-0.05, 0) is 37.3 Å². The summed E-state index contributed by atoms with van der Waals surface area (Å²) in [5, 5.41) is 3.48. The normalized spacial score (nSPS) is 22.0. The van der Waals surface area contributed by atoms with E-state index in [1.807, 2.05) is 13.0 Å². The number of nitrogens with zero attached hydrogens (tertiary/aromatic N) is 4. The Bertz CT molecular complexity index is 1390. The molecule has 1 saturated heterocycles. The minimum atomic E-state index is -0.937. The highest BCUT2D eigenvalue weighted by molar-refractivity contribution is 6.15. The van der Waals surface area contributed by atoms with E-state index in [1.54, 1.807) is 19.3 Å². The number of anilines is 2. The molecule has 0 spiro atoms. The van der Waals surface area contributed by atoms with Crippen LogP contribution in [0, 0.1) is 30.4 Å². The number of aromatic nitrogens is 4. The number of fused-ring (bicyclic) bond motifs is 4.